The number of amidine groups is 1. The molecule has 0 bridgehead atoms. The molecule has 1 unspecified atom stereocenters. The largest absolute Gasteiger partial charge is 0.395 e. The van der Waals surface area contributed by atoms with Gasteiger partial charge in [0.05, 0.1) is 24.1 Å². The second-order valence-electron chi connectivity index (χ2n) is 10.9. The summed E-state index contributed by atoms with van der Waals surface area (Å²) < 4.78 is 19.3. The molecule has 1 aromatic rings. The number of nitrogens with one attached hydrogen (secondary N) is 2. The van der Waals surface area contributed by atoms with E-state index in [1.165, 1.54) is 11.0 Å². The summed E-state index contributed by atoms with van der Waals surface area (Å²) in [6.07, 6.45) is 23.1. The number of aliphatic imine (C=N–C) groups is 2. The van der Waals surface area contributed by atoms with Gasteiger partial charge in [-0.25, -0.2) is 4.39 Å². The third-order valence-corrected chi connectivity index (χ3v) is 7.94. The molecule has 5 rings (SSSR count). The highest BCUT2D eigenvalue weighted by molar-refractivity contribution is 6.15. The minimum atomic E-state index is -0.856. The molecule has 1 aliphatic carbocycles. The molecule has 2 amide bonds. The van der Waals surface area contributed by atoms with Crippen molar-refractivity contribution in [2.45, 2.75) is 57.0 Å². The van der Waals surface area contributed by atoms with E-state index in [1.54, 1.807) is 31.3 Å². The Kier molecular flexibility index (Phi) is 13.7. The number of amides is 2. The van der Waals surface area contributed by atoms with Gasteiger partial charge in [0.15, 0.2) is 0 Å². The van der Waals surface area contributed by atoms with E-state index in [9.17, 15) is 19.1 Å². The number of nitrogens with zero attached hydrogens (tertiary/aromatic N) is 3. The molecule has 1 fully saturated rings. The van der Waals surface area contributed by atoms with Gasteiger partial charge in [-0.3, -0.25) is 24.5 Å². The van der Waals surface area contributed by atoms with Crippen molar-refractivity contribution < 1.29 is 23.8 Å². The zero-order chi connectivity index (χ0) is 31.8. The lowest BCUT2D eigenvalue weighted by molar-refractivity contribution is -0.134. The van der Waals surface area contributed by atoms with Crippen molar-refractivity contribution in [1.29, 1.82) is 0 Å². The summed E-state index contributed by atoms with van der Waals surface area (Å²) in [5.41, 5.74) is -0.951. The van der Waals surface area contributed by atoms with Crippen LogP contribution in [-0.4, -0.2) is 85.5 Å². The van der Waals surface area contributed by atoms with Gasteiger partial charge in [0.1, 0.15) is 23.9 Å². The molecule has 2 atom stereocenters. The molecule has 0 saturated carbocycles. The number of terminal acetylenes is 1. The van der Waals surface area contributed by atoms with Gasteiger partial charge in [0.2, 0.25) is 5.91 Å². The van der Waals surface area contributed by atoms with Crippen LogP contribution in [0.15, 0.2) is 70.7 Å². The Morgan fingerprint density at radius 1 is 1.16 bits per heavy atom. The molecule has 1 aromatic carbocycles. The van der Waals surface area contributed by atoms with Crippen molar-refractivity contribution in [3.63, 3.8) is 0 Å². The molecule has 0 aromatic heterocycles. The number of likely N-dealkylation sites (N-methyl/N-ethyl adjacent to an activating group) is 1. The van der Waals surface area contributed by atoms with Gasteiger partial charge in [0.25, 0.3) is 5.91 Å². The number of allylic oxidation sites excluding steroid dienone is 4. The van der Waals surface area contributed by atoms with Gasteiger partial charge < -0.3 is 20.5 Å². The van der Waals surface area contributed by atoms with Crippen LogP contribution in [-0.2, 0) is 14.3 Å². The molecule has 0 radical (unpaired) electrons. The van der Waals surface area contributed by atoms with Gasteiger partial charge in [-0.2, -0.15) is 0 Å². The number of aliphatic hydroxyl groups is 1. The first kappa shape index (κ1) is 34.6. The minimum absolute atomic E-state index is 0.0957. The zero-order valence-electron chi connectivity index (χ0n) is 25.7. The van der Waals surface area contributed by atoms with Crippen LogP contribution in [0.1, 0.15) is 51.0 Å². The number of benzene rings is 1. The smallest absolute Gasteiger partial charge is 0.256 e. The summed E-state index contributed by atoms with van der Waals surface area (Å²) in [6, 6.07) is 6.59. The van der Waals surface area contributed by atoms with Crippen molar-refractivity contribution >= 4 is 23.9 Å². The minimum Gasteiger partial charge on any atom is -0.395 e. The van der Waals surface area contributed by atoms with Gasteiger partial charge in [0, 0.05) is 38.3 Å². The van der Waals surface area contributed by atoms with Crippen molar-refractivity contribution in [3.8, 4) is 12.3 Å². The van der Waals surface area contributed by atoms with E-state index in [-0.39, 0.29) is 30.4 Å². The Labute approximate surface area is 260 Å². The molecule has 2 spiro atoms. The van der Waals surface area contributed by atoms with Crippen molar-refractivity contribution in [2.75, 3.05) is 40.1 Å². The van der Waals surface area contributed by atoms with Crippen LogP contribution in [0.5, 0.6) is 0 Å². The number of hydrogen-bond acceptors (Lipinski definition) is 7. The number of β-amino-alcohol motifs (C(OH)–C–C–N with tert-alkyl or cyclic N) is 1. The highest BCUT2D eigenvalue weighted by Crippen LogP contribution is 2.35. The van der Waals surface area contributed by atoms with Crippen molar-refractivity contribution in [3.05, 3.63) is 72.1 Å². The van der Waals surface area contributed by atoms with Crippen LogP contribution in [0, 0.1) is 23.6 Å². The topological polar surface area (TPSA) is 116 Å². The molecular weight excluding hydrogens is 561 g/mol. The van der Waals surface area contributed by atoms with Crippen LogP contribution in [0.3, 0.4) is 0 Å². The number of aliphatic hydroxyl groups excluding tert-OH is 1. The number of ether oxygens (including phenoxy) is 1. The van der Waals surface area contributed by atoms with E-state index >= 15 is 0 Å². The molecule has 3 aliphatic heterocycles. The number of hydrogen-bond donors (Lipinski definition) is 3. The fourth-order valence-corrected chi connectivity index (χ4v) is 5.45. The number of rotatable bonds is 4. The number of halogens is 1. The number of carbonyl (C=O) groups excluding carboxylic acids is 2. The summed E-state index contributed by atoms with van der Waals surface area (Å²) in [5.74, 6) is 2.07. The second kappa shape index (κ2) is 17.4. The van der Waals surface area contributed by atoms with E-state index in [4.69, 9.17) is 4.74 Å². The van der Waals surface area contributed by atoms with E-state index in [1.807, 2.05) is 19.2 Å². The maximum absolute atomic E-state index is 14.0. The molecule has 4 aliphatic rings. The first-order valence-corrected chi connectivity index (χ1v) is 15.0. The van der Waals surface area contributed by atoms with Gasteiger partial charge in [-0.15, -0.1) is 12.3 Å². The van der Waals surface area contributed by atoms with E-state index in [2.05, 4.69) is 57.3 Å². The monoisotopic (exact) mass is 605 g/mol. The molecular formula is C34H44FN5O4. The molecule has 3 N–H and O–H groups in total. The predicted octanol–water partition coefficient (Wildman–Crippen LogP) is 3.56. The Morgan fingerprint density at radius 2 is 1.86 bits per heavy atom. The van der Waals surface area contributed by atoms with Crippen LogP contribution in [0.2, 0.25) is 0 Å². The first-order valence-electron chi connectivity index (χ1n) is 15.0. The van der Waals surface area contributed by atoms with Gasteiger partial charge >= 0.3 is 0 Å². The summed E-state index contributed by atoms with van der Waals surface area (Å²) in [7, 11) is 1.96. The van der Waals surface area contributed by atoms with Crippen LogP contribution < -0.4 is 10.6 Å². The maximum Gasteiger partial charge on any atom is 0.256 e. The highest BCUT2D eigenvalue weighted by Gasteiger charge is 2.49. The number of carbonyl (C=O) groups is 2. The lowest BCUT2D eigenvalue weighted by Gasteiger charge is -2.29. The molecule has 9 nitrogen and oxygen atoms in total. The second-order valence-corrected chi connectivity index (χ2v) is 10.9. The Hall–Kier alpha value is -3.91. The SMILES string of the molecule is C#CC.CNC1/C=C/C[C@@]2(C/C=C\C=N/CNC2=O)C/C=C/C1.O=C1N(CCO)C(c2ccccc2F)=NC12CCOCC2. The summed E-state index contributed by atoms with van der Waals surface area (Å²) >= 11 is 0. The third-order valence-electron chi connectivity index (χ3n) is 7.94. The predicted molar refractivity (Wildman–Crippen MR) is 172 cm³/mol. The molecule has 44 heavy (non-hydrogen) atoms. The Balaban J connectivity index is 0.000000221. The molecule has 236 valence electrons. The quantitative estimate of drug-likeness (QED) is 0.359. The zero-order valence-corrected chi connectivity index (χ0v) is 25.7. The van der Waals surface area contributed by atoms with E-state index in [0.29, 0.717) is 50.2 Å². The van der Waals surface area contributed by atoms with Crippen LogP contribution in [0.25, 0.3) is 0 Å². The fourth-order valence-electron chi connectivity index (χ4n) is 5.45. The lowest BCUT2D eigenvalue weighted by Crippen LogP contribution is -2.46. The van der Waals surface area contributed by atoms with E-state index in [0.717, 1.165) is 25.7 Å². The fraction of sp³-hybridized carbons (Fsp3) is 0.471. The third kappa shape index (κ3) is 8.82. The highest BCUT2D eigenvalue weighted by atomic mass is 19.1. The summed E-state index contributed by atoms with van der Waals surface area (Å²) in [6.45, 7) is 2.87. The molecule has 3 heterocycles. The average molecular weight is 606 g/mol. The van der Waals surface area contributed by atoms with Crippen molar-refractivity contribution in [1.82, 2.24) is 15.5 Å². The van der Waals surface area contributed by atoms with E-state index < -0.39 is 11.4 Å². The van der Waals surface area contributed by atoms with Gasteiger partial charge in [-0.05, 0) is 57.9 Å². The Bertz CT molecular complexity index is 1310. The summed E-state index contributed by atoms with van der Waals surface area (Å²) in [4.78, 5) is 35.3. The average Bonchev–Trinajstić information content (AvgIpc) is 3.37. The van der Waals surface area contributed by atoms with Crippen molar-refractivity contribution in [2.24, 2.45) is 15.4 Å². The molecule has 1 saturated heterocycles. The summed E-state index contributed by atoms with van der Waals surface area (Å²) in [5, 5.41) is 15.4. The van der Waals surface area contributed by atoms with Gasteiger partial charge in [-0.1, -0.05) is 42.5 Å². The molecule has 10 heteroatoms. The normalized spacial score (nSPS) is 27.1. The Morgan fingerprint density at radius 3 is 2.57 bits per heavy atom. The first-order chi connectivity index (χ1) is 21.4. The maximum atomic E-state index is 14.0. The lowest BCUT2D eigenvalue weighted by atomic mass is 9.77. The standard InChI is InChI=1S/C16H23N3O.C15H17FN2O3.C3H4/c1-17-14-7-2-3-9-16(11-6-8-14)10-4-5-12-18-13-19-15(16)20;16-12-4-2-1-3-11(12)13-17-15(5-9-21-10-6-15)14(20)18(13)7-8-19;1-3-2/h2-6,8,12,14,17H,7,9-11,13H2,1H3,(H,19,20);1-4,19H,5-10H2;1H,2H3/b3-2+,5-4-,8-6+,18-12-;;/t14?,16-;;/m0../s1. The van der Waals surface area contributed by atoms with Crippen LogP contribution >= 0.6 is 0 Å². The van der Waals surface area contributed by atoms with Crippen LogP contribution in [0.4, 0.5) is 4.39 Å².